The average Bonchev–Trinajstić information content (AvgIpc) is 2.69. The number of likely N-dealkylation sites (tertiary alicyclic amines) is 1. The molecule has 1 aliphatic heterocycles. The summed E-state index contributed by atoms with van der Waals surface area (Å²) in [5, 5.41) is 0. The molecule has 0 aromatic rings. The second kappa shape index (κ2) is 7.57. The van der Waals surface area contributed by atoms with E-state index in [-0.39, 0.29) is 0 Å². The molecule has 1 fully saturated rings. The van der Waals surface area contributed by atoms with Gasteiger partial charge in [-0.3, -0.25) is 4.79 Å². The van der Waals surface area contributed by atoms with Crippen LogP contribution in [0, 0.1) is 5.92 Å². The Morgan fingerprint density at radius 2 is 2.22 bits per heavy atom. The zero-order valence-electron chi connectivity index (χ0n) is 12.4. The van der Waals surface area contributed by atoms with Gasteiger partial charge >= 0.3 is 0 Å². The molecule has 104 valence electrons. The van der Waals surface area contributed by atoms with Crippen molar-refractivity contribution in [1.82, 2.24) is 9.80 Å². The maximum atomic E-state index is 11.6. The van der Waals surface area contributed by atoms with Crippen molar-refractivity contribution in [2.75, 3.05) is 33.2 Å². The smallest absolute Gasteiger partial charge is 0.222 e. The Morgan fingerprint density at radius 1 is 1.50 bits per heavy atom. The van der Waals surface area contributed by atoms with E-state index in [0.717, 1.165) is 45.4 Å². The number of carbonyl (C=O) groups excluding carboxylic acids is 1. The lowest BCUT2D eigenvalue weighted by molar-refractivity contribution is -0.127. The number of allylic oxidation sites excluding steroid dienone is 1. The first kappa shape index (κ1) is 15.2. The maximum Gasteiger partial charge on any atom is 0.222 e. The van der Waals surface area contributed by atoms with Gasteiger partial charge in [0.25, 0.3) is 0 Å². The molecule has 3 heteroatoms. The summed E-state index contributed by atoms with van der Waals surface area (Å²) in [7, 11) is 2.16. The summed E-state index contributed by atoms with van der Waals surface area (Å²) in [6, 6.07) is 0. The van der Waals surface area contributed by atoms with Crippen LogP contribution in [0.1, 0.15) is 40.0 Å². The predicted octanol–water partition coefficient (Wildman–Crippen LogP) is 2.53. The quantitative estimate of drug-likeness (QED) is 0.650. The minimum atomic E-state index is 0.331. The highest BCUT2D eigenvalue weighted by molar-refractivity contribution is 5.78. The van der Waals surface area contributed by atoms with Gasteiger partial charge in [0, 0.05) is 32.6 Å². The highest BCUT2D eigenvalue weighted by Crippen LogP contribution is 2.18. The van der Waals surface area contributed by atoms with Gasteiger partial charge in [0.15, 0.2) is 0 Å². The van der Waals surface area contributed by atoms with Crippen LogP contribution in [0.4, 0.5) is 0 Å². The number of nitrogens with zero attached hydrogens (tertiary/aromatic N) is 2. The van der Waals surface area contributed by atoms with Crippen LogP contribution in [0.3, 0.4) is 0 Å². The first-order chi connectivity index (χ1) is 8.56. The van der Waals surface area contributed by atoms with Crippen molar-refractivity contribution < 1.29 is 4.79 Å². The van der Waals surface area contributed by atoms with Crippen molar-refractivity contribution in [2.45, 2.75) is 40.0 Å². The predicted molar refractivity (Wildman–Crippen MR) is 76.5 cm³/mol. The van der Waals surface area contributed by atoms with Crippen LogP contribution in [0.25, 0.3) is 0 Å². The second-order valence-electron chi connectivity index (χ2n) is 5.46. The maximum absolute atomic E-state index is 11.6. The summed E-state index contributed by atoms with van der Waals surface area (Å²) >= 11 is 0. The molecule has 1 atom stereocenters. The Morgan fingerprint density at radius 3 is 2.78 bits per heavy atom. The summed E-state index contributed by atoms with van der Waals surface area (Å²) in [6.45, 7) is 10.4. The van der Waals surface area contributed by atoms with E-state index in [1.165, 1.54) is 5.57 Å². The molecule has 1 aliphatic rings. The zero-order chi connectivity index (χ0) is 13.5. The number of rotatable bonds is 7. The monoisotopic (exact) mass is 252 g/mol. The van der Waals surface area contributed by atoms with E-state index in [0.29, 0.717) is 11.8 Å². The van der Waals surface area contributed by atoms with Crippen molar-refractivity contribution in [3.8, 4) is 0 Å². The van der Waals surface area contributed by atoms with Gasteiger partial charge in [0.1, 0.15) is 0 Å². The highest BCUT2D eigenvalue weighted by Gasteiger charge is 2.28. The van der Waals surface area contributed by atoms with Crippen LogP contribution in [0.2, 0.25) is 0 Å². The van der Waals surface area contributed by atoms with Gasteiger partial charge in [0.05, 0.1) is 0 Å². The van der Waals surface area contributed by atoms with E-state index in [1.54, 1.807) is 0 Å². The minimum Gasteiger partial charge on any atom is -0.343 e. The van der Waals surface area contributed by atoms with Crippen molar-refractivity contribution in [3.63, 3.8) is 0 Å². The van der Waals surface area contributed by atoms with Gasteiger partial charge < -0.3 is 9.80 Å². The Hall–Kier alpha value is -0.830. The van der Waals surface area contributed by atoms with Crippen molar-refractivity contribution in [1.29, 1.82) is 0 Å². The fourth-order valence-corrected chi connectivity index (χ4v) is 2.49. The summed E-state index contributed by atoms with van der Waals surface area (Å²) in [5.41, 5.74) is 1.47. The number of amides is 1. The fraction of sp³-hybridized carbons (Fsp3) is 0.800. The van der Waals surface area contributed by atoms with Gasteiger partial charge in [0.2, 0.25) is 5.91 Å². The van der Waals surface area contributed by atoms with Crippen LogP contribution in [0.5, 0.6) is 0 Å². The molecule has 1 saturated heterocycles. The first-order valence-electron chi connectivity index (χ1n) is 7.18. The third-order valence-electron chi connectivity index (χ3n) is 3.81. The van der Waals surface area contributed by atoms with Crippen LogP contribution in [-0.2, 0) is 4.79 Å². The molecule has 0 spiro atoms. The molecule has 0 saturated carbocycles. The molecule has 3 nitrogen and oxygen atoms in total. The van der Waals surface area contributed by atoms with E-state index in [1.807, 2.05) is 4.90 Å². The number of hydrogen-bond donors (Lipinski definition) is 0. The average molecular weight is 252 g/mol. The third kappa shape index (κ3) is 4.81. The van der Waals surface area contributed by atoms with Gasteiger partial charge in [-0.2, -0.15) is 0 Å². The molecule has 0 aromatic carbocycles. The van der Waals surface area contributed by atoms with Crippen LogP contribution >= 0.6 is 0 Å². The number of carbonyl (C=O) groups is 1. The normalized spacial score (nSPS) is 21.2. The molecular formula is C15H28N2O. The minimum absolute atomic E-state index is 0.331. The van der Waals surface area contributed by atoms with E-state index >= 15 is 0 Å². The van der Waals surface area contributed by atoms with Crippen molar-refractivity contribution in [2.24, 2.45) is 5.92 Å². The lowest BCUT2D eigenvalue weighted by atomic mass is 10.1. The Balaban J connectivity index is 2.25. The second-order valence-corrected chi connectivity index (χ2v) is 5.46. The van der Waals surface area contributed by atoms with Crippen molar-refractivity contribution >= 4 is 5.91 Å². The van der Waals surface area contributed by atoms with Gasteiger partial charge in [-0.05, 0) is 39.7 Å². The van der Waals surface area contributed by atoms with E-state index in [9.17, 15) is 4.79 Å². The van der Waals surface area contributed by atoms with Crippen LogP contribution in [-0.4, -0.2) is 48.9 Å². The fourth-order valence-electron chi connectivity index (χ4n) is 2.49. The Kier molecular flexibility index (Phi) is 6.41. The van der Waals surface area contributed by atoms with Crippen LogP contribution < -0.4 is 0 Å². The van der Waals surface area contributed by atoms with Gasteiger partial charge in [-0.1, -0.05) is 18.6 Å². The summed E-state index contributed by atoms with van der Waals surface area (Å²) in [4.78, 5) is 16.0. The molecular weight excluding hydrogens is 224 g/mol. The molecule has 1 heterocycles. The van der Waals surface area contributed by atoms with Crippen molar-refractivity contribution in [3.05, 3.63) is 11.6 Å². The molecule has 0 aliphatic carbocycles. The first-order valence-corrected chi connectivity index (χ1v) is 7.18. The lowest BCUT2D eigenvalue weighted by Crippen LogP contribution is -2.29. The molecule has 18 heavy (non-hydrogen) atoms. The lowest BCUT2D eigenvalue weighted by Gasteiger charge is -2.20. The third-order valence-corrected chi connectivity index (χ3v) is 3.81. The van der Waals surface area contributed by atoms with E-state index < -0.39 is 0 Å². The molecule has 1 amide bonds. The zero-order valence-corrected chi connectivity index (χ0v) is 12.4. The number of hydrogen-bond acceptors (Lipinski definition) is 2. The van der Waals surface area contributed by atoms with Crippen LogP contribution in [0.15, 0.2) is 11.6 Å². The Labute approximate surface area is 112 Å². The molecule has 0 N–H and O–H groups in total. The van der Waals surface area contributed by atoms with E-state index in [2.05, 4.69) is 38.8 Å². The summed E-state index contributed by atoms with van der Waals surface area (Å²) < 4.78 is 0. The van der Waals surface area contributed by atoms with E-state index in [4.69, 9.17) is 0 Å². The summed E-state index contributed by atoms with van der Waals surface area (Å²) in [6.07, 6.45) is 5.33. The molecule has 0 aromatic heterocycles. The molecule has 0 radical (unpaired) electrons. The molecule has 1 rings (SSSR count). The van der Waals surface area contributed by atoms with Gasteiger partial charge in [-0.25, -0.2) is 0 Å². The van der Waals surface area contributed by atoms with Gasteiger partial charge in [-0.15, -0.1) is 0 Å². The molecule has 0 bridgehead atoms. The molecule has 1 unspecified atom stereocenters. The Bertz CT molecular complexity index is 299. The summed E-state index contributed by atoms with van der Waals surface area (Å²) in [5.74, 6) is 0.858. The standard InChI is InChI=1S/C15H28N2O/c1-5-13(3)8-7-9-16(4)11-14-10-15(18)17(6-2)12-14/h8,14H,5-7,9-12H2,1-4H3. The largest absolute Gasteiger partial charge is 0.343 e. The topological polar surface area (TPSA) is 23.6 Å². The SMILES string of the molecule is CCC(C)=CCCN(C)CC1CC(=O)N(CC)C1. The highest BCUT2D eigenvalue weighted by atomic mass is 16.2.